The van der Waals surface area contributed by atoms with Crippen LogP contribution in [0.3, 0.4) is 0 Å². The minimum atomic E-state index is 0. The summed E-state index contributed by atoms with van der Waals surface area (Å²) in [5.41, 5.74) is 3.24. The van der Waals surface area contributed by atoms with Crippen LogP contribution in [0.4, 0.5) is 0 Å². The average molecular weight is 512 g/mol. The van der Waals surface area contributed by atoms with Crippen LogP contribution in [0.15, 0.2) is 27.6 Å². The summed E-state index contributed by atoms with van der Waals surface area (Å²) in [6.45, 7) is 9.87. The predicted molar refractivity (Wildman–Crippen MR) is 127 cm³/mol. The van der Waals surface area contributed by atoms with E-state index in [1.54, 1.807) is 0 Å². The molecule has 0 bridgehead atoms. The van der Waals surface area contributed by atoms with Crippen LogP contribution in [0, 0.1) is 20.8 Å². The average Bonchev–Trinajstić information content (AvgIpc) is 3.28. The van der Waals surface area contributed by atoms with Crippen LogP contribution in [0.2, 0.25) is 0 Å². The number of rotatable bonds is 7. The number of guanidine groups is 1. The van der Waals surface area contributed by atoms with E-state index in [-0.39, 0.29) is 24.0 Å². The third kappa shape index (κ3) is 6.90. The van der Waals surface area contributed by atoms with Gasteiger partial charge in [0.1, 0.15) is 11.5 Å². The first-order chi connectivity index (χ1) is 13.5. The lowest BCUT2D eigenvalue weighted by molar-refractivity contribution is 0.208. The molecule has 1 aliphatic carbocycles. The molecule has 1 aromatic heterocycles. The summed E-state index contributed by atoms with van der Waals surface area (Å²) in [6, 6.07) is 6.36. The minimum Gasteiger partial charge on any atom is -0.490 e. The normalized spacial score (nSPS) is 14.6. The number of nitrogens with one attached hydrogen (secondary N) is 2. The second-order valence-electron chi connectivity index (χ2n) is 7.43. The molecule has 6 nitrogen and oxygen atoms in total. The first-order valence-corrected chi connectivity index (χ1v) is 10.3. The SMILES string of the molecule is CCNC(=NCc1ccc(C)cc1OC1CCCC1)NCc1nc(C)c(C)o1.I. The Labute approximate surface area is 190 Å². The van der Waals surface area contributed by atoms with Gasteiger partial charge in [-0.25, -0.2) is 9.98 Å². The Morgan fingerprint density at radius 2 is 1.97 bits per heavy atom. The van der Waals surface area contributed by atoms with Gasteiger partial charge >= 0.3 is 0 Å². The summed E-state index contributed by atoms with van der Waals surface area (Å²) in [5, 5.41) is 6.57. The van der Waals surface area contributed by atoms with Gasteiger partial charge in [-0.15, -0.1) is 24.0 Å². The van der Waals surface area contributed by atoms with Crippen LogP contribution >= 0.6 is 24.0 Å². The molecule has 1 aliphatic rings. The summed E-state index contributed by atoms with van der Waals surface area (Å²) in [7, 11) is 0. The van der Waals surface area contributed by atoms with E-state index in [2.05, 4.69) is 47.7 Å². The van der Waals surface area contributed by atoms with Gasteiger partial charge < -0.3 is 19.8 Å². The zero-order valence-corrected chi connectivity index (χ0v) is 20.2. The van der Waals surface area contributed by atoms with Crippen LogP contribution in [-0.4, -0.2) is 23.6 Å². The fraction of sp³-hybridized carbons (Fsp3) is 0.545. The quantitative estimate of drug-likeness (QED) is 0.317. The number of nitrogens with zero attached hydrogens (tertiary/aromatic N) is 2. The zero-order valence-electron chi connectivity index (χ0n) is 17.9. The Morgan fingerprint density at radius 1 is 1.21 bits per heavy atom. The molecule has 0 aliphatic heterocycles. The molecule has 1 fully saturated rings. The number of aliphatic imine (C=N–C) groups is 1. The van der Waals surface area contributed by atoms with Gasteiger partial charge in [-0.05, 0) is 65.0 Å². The van der Waals surface area contributed by atoms with Gasteiger partial charge in [0.25, 0.3) is 0 Å². The van der Waals surface area contributed by atoms with Crippen molar-refractivity contribution < 1.29 is 9.15 Å². The van der Waals surface area contributed by atoms with Crippen LogP contribution in [-0.2, 0) is 13.1 Å². The Kier molecular flexibility index (Phi) is 9.26. The van der Waals surface area contributed by atoms with E-state index in [0.29, 0.717) is 25.1 Å². The van der Waals surface area contributed by atoms with Crippen LogP contribution in [0.5, 0.6) is 5.75 Å². The van der Waals surface area contributed by atoms with E-state index >= 15 is 0 Å². The van der Waals surface area contributed by atoms with Crippen molar-refractivity contribution in [3.63, 3.8) is 0 Å². The molecule has 1 aromatic carbocycles. The highest BCUT2D eigenvalue weighted by molar-refractivity contribution is 14.0. The van der Waals surface area contributed by atoms with Crippen molar-refractivity contribution in [2.45, 2.75) is 72.6 Å². The molecule has 3 rings (SSSR count). The number of aromatic nitrogens is 1. The molecule has 0 amide bonds. The number of oxazole rings is 1. The largest absolute Gasteiger partial charge is 0.490 e. The highest BCUT2D eigenvalue weighted by Crippen LogP contribution is 2.28. The van der Waals surface area contributed by atoms with Gasteiger partial charge in [-0.1, -0.05) is 12.1 Å². The molecule has 0 saturated heterocycles. The molecular weight excluding hydrogens is 479 g/mol. The van der Waals surface area contributed by atoms with Crippen molar-refractivity contribution in [3.05, 3.63) is 46.7 Å². The monoisotopic (exact) mass is 512 g/mol. The van der Waals surface area contributed by atoms with Gasteiger partial charge in [-0.2, -0.15) is 0 Å². The van der Waals surface area contributed by atoms with Gasteiger partial charge in [0.15, 0.2) is 5.96 Å². The van der Waals surface area contributed by atoms with Crippen molar-refractivity contribution in [2.24, 2.45) is 4.99 Å². The Bertz CT molecular complexity index is 794. The van der Waals surface area contributed by atoms with E-state index in [4.69, 9.17) is 14.1 Å². The van der Waals surface area contributed by atoms with Crippen molar-refractivity contribution in [3.8, 4) is 5.75 Å². The fourth-order valence-electron chi connectivity index (χ4n) is 3.37. The van der Waals surface area contributed by atoms with E-state index < -0.39 is 0 Å². The fourth-order valence-corrected chi connectivity index (χ4v) is 3.37. The van der Waals surface area contributed by atoms with E-state index in [1.165, 1.54) is 18.4 Å². The van der Waals surface area contributed by atoms with E-state index in [1.807, 2.05) is 13.8 Å². The van der Waals surface area contributed by atoms with Crippen LogP contribution < -0.4 is 15.4 Å². The van der Waals surface area contributed by atoms with E-state index in [0.717, 1.165) is 48.1 Å². The molecule has 0 radical (unpaired) electrons. The molecule has 1 saturated carbocycles. The third-order valence-corrected chi connectivity index (χ3v) is 5.05. The molecule has 29 heavy (non-hydrogen) atoms. The molecule has 0 unspecified atom stereocenters. The first kappa shape index (κ1) is 23.5. The second-order valence-corrected chi connectivity index (χ2v) is 7.43. The lowest BCUT2D eigenvalue weighted by Crippen LogP contribution is -2.36. The van der Waals surface area contributed by atoms with Crippen molar-refractivity contribution in [1.82, 2.24) is 15.6 Å². The van der Waals surface area contributed by atoms with Gasteiger partial charge in [0, 0.05) is 12.1 Å². The predicted octanol–water partition coefficient (Wildman–Crippen LogP) is 4.79. The molecule has 2 aromatic rings. The number of aryl methyl sites for hydroxylation is 3. The van der Waals surface area contributed by atoms with Crippen LogP contribution in [0.25, 0.3) is 0 Å². The Balaban J connectivity index is 0.00000300. The maximum atomic E-state index is 6.29. The highest BCUT2D eigenvalue weighted by Gasteiger charge is 2.18. The van der Waals surface area contributed by atoms with Gasteiger partial charge in [0.05, 0.1) is 24.9 Å². The number of hydrogen-bond donors (Lipinski definition) is 2. The number of halogens is 1. The van der Waals surface area contributed by atoms with Gasteiger partial charge in [0.2, 0.25) is 5.89 Å². The lowest BCUT2D eigenvalue weighted by atomic mass is 10.1. The summed E-state index contributed by atoms with van der Waals surface area (Å²) in [6.07, 6.45) is 5.16. The second kappa shape index (κ2) is 11.4. The molecule has 0 atom stereocenters. The topological polar surface area (TPSA) is 71.7 Å². The number of hydrogen-bond acceptors (Lipinski definition) is 4. The van der Waals surface area contributed by atoms with Crippen molar-refractivity contribution in [1.29, 1.82) is 0 Å². The summed E-state index contributed by atoms with van der Waals surface area (Å²) in [5.74, 6) is 3.22. The zero-order chi connectivity index (χ0) is 19.9. The Hall–Kier alpha value is -1.77. The Morgan fingerprint density at radius 3 is 2.62 bits per heavy atom. The summed E-state index contributed by atoms with van der Waals surface area (Å²) < 4.78 is 11.9. The van der Waals surface area contributed by atoms with E-state index in [9.17, 15) is 0 Å². The summed E-state index contributed by atoms with van der Waals surface area (Å²) >= 11 is 0. The molecule has 1 heterocycles. The number of benzene rings is 1. The third-order valence-electron chi connectivity index (χ3n) is 5.05. The van der Waals surface area contributed by atoms with Gasteiger partial charge in [-0.3, -0.25) is 0 Å². The lowest BCUT2D eigenvalue weighted by Gasteiger charge is -2.17. The highest BCUT2D eigenvalue weighted by atomic mass is 127. The maximum Gasteiger partial charge on any atom is 0.214 e. The molecule has 0 spiro atoms. The molecule has 7 heteroatoms. The summed E-state index contributed by atoms with van der Waals surface area (Å²) in [4.78, 5) is 9.15. The number of ether oxygens (including phenoxy) is 1. The minimum absolute atomic E-state index is 0. The standard InChI is InChI=1S/C22H32N4O2.HI/c1-5-23-22(25-14-21-26-16(3)17(4)27-21)24-13-18-11-10-15(2)12-20(18)28-19-8-6-7-9-19;/h10-12,19H,5-9,13-14H2,1-4H3,(H2,23,24,25);1H. The maximum absolute atomic E-state index is 6.29. The molecule has 160 valence electrons. The molecule has 2 N–H and O–H groups in total. The van der Waals surface area contributed by atoms with Crippen LogP contribution in [0.1, 0.15) is 61.1 Å². The first-order valence-electron chi connectivity index (χ1n) is 10.3. The van der Waals surface area contributed by atoms with Crippen molar-refractivity contribution >= 4 is 29.9 Å². The smallest absolute Gasteiger partial charge is 0.214 e. The molecular formula is C22H33IN4O2. The van der Waals surface area contributed by atoms with Crippen molar-refractivity contribution in [2.75, 3.05) is 6.54 Å².